The van der Waals surface area contributed by atoms with Crippen molar-refractivity contribution < 1.29 is 4.42 Å². The third kappa shape index (κ3) is 3.48. The number of oxazole rings is 1. The predicted molar refractivity (Wildman–Crippen MR) is 100 cm³/mol. The van der Waals surface area contributed by atoms with Crippen molar-refractivity contribution in [3.63, 3.8) is 0 Å². The molecule has 0 spiro atoms. The molecule has 1 aliphatic carbocycles. The van der Waals surface area contributed by atoms with E-state index in [0.717, 1.165) is 35.1 Å². The molecule has 4 heteroatoms. The molecule has 1 aliphatic rings. The number of nitrogens with one attached hydrogen (secondary N) is 1. The quantitative estimate of drug-likeness (QED) is 0.653. The molecule has 0 bridgehead atoms. The van der Waals surface area contributed by atoms with Gasteiger partial charge in [-0.2, -0.15) is 0 Å². The summed E-state index contributed by atoms with van der Waals surface area (Å²) in [5, 5.41) is 4.49. The first-order valence-corrected chi connectivity index (χ1v) is 9.14. The molecule has 1 N–H and O–H groups in total. The highest BCUT2D eigenvalue weighted by Crippen LogP contribution is 2.39. The highest BCUT2D eigenvalue weighted by Gasteiger charge is 2.35. The Balaban J connectivity index is 1.51. The molecule has 0 unspecified atom stereocenters. The van der Waals surface area contributed by atoms with Crippen LogP contribution in [0, 0.1) is 0 Å². The van der Waals surface area contributed by atoms with Crippen LogP contribution in [0.1, 0.15) is 37.1 Å². The summed E-state index contributed by atoms with van der Waals surface area (Å²) in [6.45, 7) is 0.620. The Kier molecular flexibility index (Phi) is 4.60. The van der Waals surface area contributed by atoms with E-state index >= 15 is 0 Å². The zero-order valence-corrected chi connectivity index (χ0v) is 14.8. The van der Waals surface area contributed by atoms with E-state index in [1.807, 2.05) is 42.5 Å². The van der Waals surface area contributed by atoms with E-state index < -0.39 is 0 Å². The second kappa shape index (κ2) is 7.03. The summed E-state index contributed by atoms with van der Waals surface area (Å²) in [5.74, 6) is 1.53. The van der Waals surface area contributed by atoms with Gasteiger partial charge in [0.2, 0.25) is 5.89 Å². The van der Waals surface area contributed by atoms with Gasteiger partial charge in [-0.15, -0.1) is 0 Å². The summed E-state index contributed by atoms with van der Waals surface area (Å²) >= 11 is 6.05. The van der Waals surface area contributed by atoms with Crippen LogP contribution >= 0.6 is 11.6 Å². The van der Waals surface area contributed by atoms with E-state index in [1.54, 1.807) is 6.20 Å². The van der Waals surface area contributed by atoms with Gasteiger partial charge in [0.05, 0.1) is 12.7 Å². The van der Waals surface area contributed by atoms with Crippen LogP contribution in [0.5, 0.6) is 0 Å². The third-order valence-corrected chi connectivity index (χ3v) is 5.30. The molecular weight excluding hydrogens is 332 g/mol. The van der Waals surface area contributed by atoms with Crippen molar-refractivity contribution >= 4 is 11.6 Å². The Hall–Kier alpha value is -2.10. The van der Waals surface area contributed by atoms with Gasteiger partial charge in [-0.1, -0.05) is 66.9 Å². The van der Waals surface area contributed by atoms with Gasteiger partial charge in [0, 0.05) is 16.1 Å². The fraction of sp³-hybridized carbons (Fsp3) is 0.286. The molecular formula is C21H21ClN2O. The fourth-order valence-corrected chi connectivity index (χ4v) is 3.81. The zero-order valence-electron chi connectivity index (χ0n) is 14.0. The fourth-order valence-electron chi connectivity index (χ4n) is 3.69. The van der Waals surface area contributed by atoms with Gasteiger partial charge >= 0.3 is 0 Å². The molecule has 1 fully saturated rings. The number of hydrogen-bond donors (Lipinski definition) is 1. The number of benzene rings is 2. The molecule has 0 aliphatic heterocycles. The van der Waals surface area contributed by atoms with Crippen molar-refractivity contribution in [2.75, 3.05) is 0 Å². The van der Waals surface area contributed by atoms with Gasteiger partial charge in [0.25, 0.3) is 0 Å². The van der Waals surface area contributed by atoms with Crippen molar-refractivity contribution in [1.29, 1.82) is 0 Å². The maximum Gasteiger partial charge on any atom is 0.208 e. The molecule has 0 saturated heterocycles. The molecule has 0 amide bonds. The molecule has 3 nitrogen and oxygen atoms in total. The number of halogens is 1. The van der Waals surface area contributed by atoms with Crippen molar-refractivity contribution in [3.8, 4) is 11.3 Å². The van der Waals surface area contributed by atoms with E-state index in [0.29, 0.717) is 6.54 Å². The summed E-state index contributed by atoms with van der Waals surface area (Å²) in [5.41, 5.74) is 2.34. The second-order valence-electron chi connectivity index (χ2n) is 6.63. The first-order chi connectivity index (χ1) is 12.3. The van der Waals surface area contributed by atoms with E-state index in [2.05, 4.69) is 22.4 Å². The van der Waals surface area contributed by atoms with E-state index in [1.165, 1.54) is 18.4 Å². The Morgan fingerprint density at radius 2 is 1.72 bits per heavy atom. The van der Waals surface area contributed by atoms with E-state index in [-0.39, 0.29) is 5.54 Å². The highest BCUT2D eigenvalue weighted by molar-refractivity contribution is 6.30. The predicted octanol–water partition coefficient (Wildman–Crippen LogP) is 5.55. The van der Waals surface area contributed by atoms with Gasteiger partial charge in [-0.05, 0) is 30.5 Å². The van der Waals surface area contributed by atoms with Crippen molar-refractivity contribution in [1.82, 2.24) is 10.3 Å². The Labute approximate surface area is 153 Å². The van der Waals surface area contributed by atoms with E-state index in [9.17, 15) is 0 Å². The van der Waals surface area contributed by atoms with Crippen LogP contribution in [0.3, 0.4) is 0 Å². The summed E-state index contributed by atoms with van der Waals surface area (Å²) in [7, 11) is 0. The van der Waals surface area contributed by atoms with Gasteiger partial charge < -0.3 is 4.42 Å². The normalized spacial score (nSPS) is 16.2. The van der Waals surface area contributed by atoms with Crippen LogP contribution in [0.2, 0.25) is 5.02 Å². The zero-order chi connectivity index (χ0) is 17.1. The lowest BCUT2D eigenvalue weighted by atomic mass is 9.88. The van der Waals surface area contributed by atoms with Crippen LogP contribution < -0.4 is 5.32 Å². The van der Waals surface area contributed by atoms with Crippen molar-refractivity contribution in [2.45, 2.75) is 37.8 Å². The largest absolute Gasteiger partial charge is 0.439 e. The van der Waals surface area contributed by atoms with E-state index in [4.69, 9.17) is 16.0 Å². The number of aromatic nitrogens is 1. The molecule has 4 rings (SSSR count). The highest BCUT2D eigenvalue weighted by atomic mass is 35.5. The summed E-state index contributed by atoms with van der Waals surface area (Å²) in [6.07, 6.45) is 6.52. The minimum absolute atomic E-state index is 0.00797. The number of nitrogens with zero attached hydrogens (tertiary/aromatic N) is 1. The molecule has 3 aromatic rings. The molecule has 128 valence electrons. The Morgan fingerprint density at radius 3 is 2.44 bits per heavy atom. The SMILES string of the molecule is Clc1ccc(C2(NCc3ncc(-c4ccccc4)o3)CCCC2)cc1. The smallest absolute Gasteiger partial charge is 0.208 e. The lowest BCUT2D eigenvalue weighted by Crippen LogP contribution is -2.39. The number of rotatable bonds is 5. The Bertz CT molecular complexity index is 821. The standard InChI is InChI=1S/C21H21ClN2O/c22-18-10-8-17(9-11-18)21(12-4-5-13-21)24-15-20-23-14-19(25-20)16-6-2-1-3-7-16/h1-3,6-11,14,24H,4-5,12-13,15H2. The molecule has 0 atom stereocenters. The topological polar surface area (TPSA) is 38.1 Å². The second-order valence-corrected chi connectivity index (χ2v) is 7.07. The van der Waals surface area contributed by atoms with Crippen LogP contribution in [0.4, 0.5) is 0 Å². The molecule has 1 heterocycles. The van der Waals surface area contributed by atoms with Crippen molar-refractivity contribution in [2.24, 2.45) is 0 Å². The average molecular weight is 353 g/mol. The summed E-state index contributed by atoms with van der Waals surface area (Å²) < 4.78 is 5.93. The Morgan fingerprint density at radius 1 is 1.00 bits per heavy atom. The number of hydrogen-bond acceptors (Lipinski definition) is 3. The average Bonchev–Trinajstić information content (AvgIpc) is 3.32. The molecule has 1 saturated carbocycles. The van der Waals surface area contributed by atoms with Gasteiger partial charge in [0.1, 0.15) is 0 Å². The van der Waals surface area contributed by atoms with Crippen LogP contribution in [0.15, 0.2) is 65.2 Å². The molecule has 2 aromatic carbocycles. The lowest BCUT2D eigenvalue weighted by Gasteiger charge is -2.30. The van der Waals surface area contributed by atoms with Gasteiger partial charge in [-0.3, -0.25) is 5.32 Å². The van der Waals surface area contributed by atoms with Gasteiger partial charge in [0.15, 0.2) is 5.76 Å². The maximum atomic E-state index is 6.05. The lowest BCUT2D eigenvalue weighted by molar-refractivity contribution is 0.318. The molecule has 1 aromatic heterocycles. The van der Waals surface area contributed by atoms with Crippen molar-refractivity contribution in [3.05, 3.63) is 77.3 Å². The summed E-state index contributed by atoms with van der Waals surface area (Å²) in [6, 6.07) is 18.3. The minimum Gasteiger partial charge on any atom is -0.439 e. The van der Waals surface area contributed by atoms with Crippen LogP contribution in [-0.4, -0.2) is 4.98 Å². The van der Waals surface area contributed by atoms with Gasteiger partial charge in [-0.25, -0.2) is 4.98 Å². The summed E-state index contributed by atoms with van der Waals surface area (Å²) in [4.78, 5) is 4.44. The molecule has 25 heavy (non-hydrogen) atoms. The minimum atomic E-state index is -0.00797. The first kappa shape index (κ1) is 16.4. The van der Waals surface area contributed by atoms with Crippen LogP contribution in [0.25, 0.3) is 11.3 Å². The monoisotopic (exact) mass is 352 g/mol. The third-order valence-electron chi connectivity index (χ3n) is 5.04. The first-order valence-electron chi connectivity index (χ1n) is 8.76. The maximum absolute atomic E-state index is 6.05. The van der Waals surface area contributed by atoms with Crippen LogP contribution in [-0.2, 0) is 12.1 Å². The molecule has 0 radical (unpaired) electrons.